The van der Waals surface area contributed by atoms with Gasteiger partial charge in [0.15, 0.2) is 0 Å². The first-order chi connectivity index (χ1) is 7.30. The number of hydrazine groups is 1. The maximum Gasteiger partial charge on any atom is 0.257 e. The summed E-state index contributed by atoms with van der Waals surface area (Å²) in [5, 5.41) is 0.372. The van der Waals surface area contributed by atoms with Crippen molar-refractivity contribution in [3.63, 3.8) is 0 Å². The van der Waals surface area contributed by atoms with E-state index in [1.807, 2.05) is 0 Å². The molecule has 0 fully saturated rings. The highest BCUT2D eigenvalue weighted by molar-refractivity contribution is 7.89. The fraction of sp³-hybridized carbons (Fsp3) is 0.333. The molecule has 1 aromatic rings. The van der Waals surface area contributed by atoms with Gasteiger partial charge in [0, 0.05) is 12.1 Å². The van der Waals surface area contributed by atoms with Crippen LogP contribution >= 0.6 is 11.6 Å². The lowest BCUT2D eigenvalue weighted by Gasteiger charge is -2.17. The SMILES string of the molecule is CNN(C)S(=O)(=O)c1cc(Cl)c(C)cc1N. The zero-order valence-corrected chi connectivity index (χ0v) is 10.9. The molecule has 0 bridgehead atoms. The third kappa shape index (κ3) is 2.30. The number of nitrogen functional groups attached to an aromatic ring is 1. The van der Waals surface area contributed by atoms with Crippen LogP contribution in [0.25, 0.3) is 0 Å². The van der Waals surface area contributed by atoms with Gasteiger partial charge in [-0.05, 0) is 31.7 Å². The monoisotopic (exact) mass is 263 g/mol. The molecule has 7 heteroatoms. The molecule has 0 aliphatic rings. The highest BCUT2D eigenvalue weighted by Crippen LogP contribution is 2.27. The Morgan fingerprint density at radius 1 is 1.44 bits per heavy atom. The summed E-state index contributed by atoms with van der Waals surface area (Å²) in [5.41, 5.74) is 9.11. The first-order valence-corrected chi connectivity index (χ1v) is 6.34. The molecule has 0 amide bonds. The van der Waals surface area contributed by atoms with Gasteiger partial charge in [-0.1, -0.05) is 11.6 Å². The fourth-order valence-corrected chi connectivity index (χ4v) is 2.56. The van der Waals surface area contributed by atoms with E-state index in [1.54, 1.807) is 13.0 Å². The van der Waals surface area contributed by atoms with E-state index in [-0.39, 0.29) is 10.6 Å². The molecule has 0 aliphatic carbocycles. The maximum atomic E-state index is 12.0. The summed E-state index contributed by atoms with van der Waals surface area (Å²) in [4.78, 5) is -0.0000463. The van der Waals surface area contributed by atoms with Crippen LogP contribution in [0.3, 0.4) is 0 Å². The molecular weight excluding hydrogens is 250 g/mol. The van der Waals surface area contributed by atoms with Crippen molar-refractivity contribution in [3.05, 3.63) is 22.7 Å². The number of nitrogens with one attached hydrogen (secondary N) is 1. The highest BCUT2D eigenvalue weighted by Gasteiger charge is 2.23. The Bertz CT molecular complexity index is 502. The Morgan fingerprint density at radius 3 is 2.50 bits per heavy atom. The van der Waals surface area contributed by atoms with Gasteiger partial charge in [0.2, 0.25) is 0 Å². The Hall–Kier alpha value is -0.820. The van der Waals surface area contributed by atoms with Gasteiger partial charge in [0.05, 0.1) is 5.69 Å². The molecular formula is C9H14ClN3O2S. The largest absolute Gasteiger partial charge is 0.398 e. The van der Waals surface area contributed by atoms with Crippen molar-refractivity contribution in [2.75, 3.05) is 19.8 Å². The molecule has 3 N–H and O–H groups in total. The van der Waals surface area contributed by atoms with Crippen LogP contribution in [0, 0.1) is 6.92 Å². The predicted molar refractivity (Wildman–Crippen MR) is 64.6 cm³/mol. The minimum Gasteiger partial charge on any atom is -0.398 e. The van der Waals surface area contributed by atoms with Gasteiger partial charge in [-0.3, -0.25) is 0 Å². The van der Waals surface area contributed by atoms with Crippen molar-refractivity contribution in [1.82, 2.24) is 9.84 Å². The number of anilines is 1. The summed E-state index contributed by atoms with van der Waals surface area (Å²) in [6, 6.07) is 2.90. The van der Waals surface area contributed by atoms with E-state index in [0.29, 0.717) is 5.02 Å². The van der Waals surface area contributed by atoms with Gasteiger partial charge in [-0.2, -0.15) is 0 Å². The number of hydrogen-bond donors (Lipinski definition) is 2. The van der Waals surface area contributed by atoms with Crippen LogP contribution in [0.1, 0.15) is 5.56 Å². The minimum absolute atomic E-state index is 0.0000463. The third-order valence-electron chi connectivity index (χ3n) is 2.24. The van der Waals surface area contributed by atoms with E-state index in [0.717, 1.165) is 9.98 Å². The number of nitrogens with two attached hydrogens (primary N) is 1. The lowest BCUT2D eigenvalue weighted by Crippen LogP contribution is -2.37. The number of rotatable bonds is 3. The lowest BCUT2D eigenvalue weighted by molar-refractivity contribution is 0.404. The standard InChI is InChI=1S/C9H14ClN3O2S/c1-6-4-8(11)9(5-7(6)10)16(14,15)13(3)12-2/h4-5,12H,11H2,1-3H3. The number of halogens is 1. The number of aryl methyl sites for hydroxylation is 1. The Balaban J connectivity index is 3.40. The van der Waals surface area contributed by atoms with Crippen molar-refractivity contribution in [2.24, 2.45) is 0 Å². The van der Waals surface area contributed by atoms with Crippen molar-refractivity contribution in [3.8, 4) is 0 Å². The molecule has 0 radical (unpaired) electrons. The molecule has 90 valence electrons. The van der Waals surface area contributed by atoms with Gasteiger partial charge in [0.25, 0.3) is 10.0 Å². The molecule has 0 heterocycles. The zero-order chi connectivity index (χ0) is 12.5. The summed E-state index contributed by atoms with van der Waals surface area (Å²) >= 11 is 5.88. The van der Waals surface area contributed by atoms with Crippen molar-refractivity contribution in [1.29, 1.82) is 0 Å². The van der Waals surface area contributed by atoms with E-state index in [2.05, 4.69) is 5.43 Å². The normalized spacial score (nSPS) is 12.1. The predicted octanol–water partition coefficient (Wildman–Crippen LogP) is 0.986. The first kappa shape index (κ1) is 13.2. The fourth-order valence-electron chi connectivity index (χ4n) is 1.18. The van der Waals surface area contributed by atoms with Crippen molar-refractivity contribution < 1.29 is 8.42 Å². The van der Waals surface area contributed by atoms with Crippen LogP contribution in [0.2, 0.25) is 5.02 Å². The van der Waals surface area contributed by atoms with Crippen LogP contribution in [-0.4, -0.2) is 26.9 Å². The van der Waals surface area contributed by atoms with Crippen LogP contribution in [0.4, 0.5) is 5.69 Å². The zero-order valence-electron chi connectivity index (χ0n) is 9.28. The number of benzene rings is 1. The molecule has 16 heavy (non-hydrogen) atoms. The second-order valence-electron chi connectivity index (χ2n) is 3.34. The highest BCUT2D eigenvalue weighted by atomic mass is 35.5. The van der Waals surface area contributed by atoms with Crippen LogP contribution in [0.15, 0.2) is 17.0 Å². The second-order valence-corrected chi connectivity index (χ2v) is 5.68. The molecule has 0 aliphatic heterocycles. The first-order valence-electron chi connectivity index (χ1n) is 4.52. The van der Waals surface area contributed by atoms with Gasteiger partial charge >= 0.3 is 0 Å². The third-order valence-corrected chi connectivity index (χ3v) is 4.46. The summed E-state index contributed by atoms with van der Waals surface area (Å²) in [6.07, 6.45) is 0. The summed E-state index contributed by atoms with van der Waals surface area (Å²) in [5.74, 6) is 0. The van der Waals surface area contributed by atoms with Crippen LogP contribution in [-0.2, 0) is 10.0 Å². The molecule has 1 aromatic carbocycles. The maximum absolute atomic E-state index is 12.0. The smallest absolute Gasteiger partial charge is 0.257 e. The summed E-state index contributed by atoms with van der Waals surface area (Å²) in [7, 11) is -0.751. The molecule has 0 aromatic heterocycles. The topological polar surface area (TPSA) is 75.4 Å². The molecule has 0 spiro atoms. The van der Waals surface area contributed by atoms with E-state index in [9.17, 15) is 8.42 Å². The molecule has 0 saturated heterocycles. The number of sulfonamides is 1. The van der Waals surface area contributed by atoms with E-state index < -0.39 is 10.0 Å². The quantitative estimate of drug-likeness (QED) is 0.630. The minimum atomic E-state index is -3.65. The van der Waals surface area contributed by atoms with Gasteiger partial charge in [0.1, 0.15) is 4.90 Å². The van der Waals surface area contributed by atoms with Gasteiger partial charge < -0.3 is 5.73 Å². The lowest BCUT2D eigenvalue weighted by atomic mass is 10.2. The molecule has 0 unspecified atom stereocenters. The number of nitrogens with zero attached hydrogens (tertiary/aromatic N) is 1. The summed E-state index contributed by atoms with van der Waals surface area (Å²) < 4.78 is 24.9. The second kappa shape index (κ2) is 4.58. The van der Waals surface area contributed by atoms with E-state index in [4.69, 9.17) is 17.3 Å². The van der Waals surface area contributed by atoms with Crippen LogP contribution < -0.4 is 11.2 Å². The Morgan fingerprint density at radius 2 is 2.00 bits per heavy atom. The van der Waals surface area contributed by atoms with Crippen LogP contribution in [0.5, 0.6) is 0 Å². The van der Waals surface area contributed by atoms with E-state index in [1.165, 1.54) is 20.2 Å². The Labute approximate surface area is 100 Å². The average molecular weight is 264 g/mol. The molecule has 0 saturated carbocycles. The molecule has 1 rings (SSSR count). The van der Waals surface area contributed by atoms with E-state index >= 15 is 0 Å². The average Bonchev–Trinajstić information content (AvgIpc) is 2.21. The van der Waals surface area contributed by atoms with Crippen molar-refractivity contribution in [2.45, 2.75) is 11.8 Å². The molecule has 0 atom stereocenters. The van der Waals surface area contributed by atoms with Gasteiger partial charge in [-0.15, -0.1) is 4.41 Å². The summed E-state index contributed by atoms with van der Waals surface area (Å²) in [6.45, 7) is 1.76. The van der Waals surface area contributed by atoms with Crippen molar-refractivity contribution >= 4 is 27.3 Å². The Kier molecular flexibility index (Phi) is 3.80. The van der Waals surface area contributed by atoms with Gasteiger partial charge in [-0.25, -0.2) is 13.8 Å². The number of hydrogen-bond acceptors (Lipinski definition) is 4. The molecule has 5 nitrogen and oxygen atoms in total.